The number of nitrogens with zero attached hydrogens (tertiary/aromatic N) is 2. The maximum absolute atomic E-state index is 11.8. The van der Waals surface area contributed by atoms with Gasteiger partial charge in [0.05, 0.1) is 6.10 Å². The van der Waals surface area contributed by atoms with Gasteiger partial charge in [-0.1, -0.05) is 0 Å². The number of anilines is 1. The van der Waals surface area contributed by atoms with Crippen LogP contribution >= 0.6 is 0 Å². The summed E-state index contributed by atoms with van der Waals surface area (Å²) in [5, 5.41) is 2.82. The molecule has 1 aromatic heterocycles. The molecule has 2 rings (SSSR count). The van der Waals surface area contributed by atoms with E-state index in [9.17, 15) is 4.79 Å². The molecule has 0 saturated heterocycles. The average molecular weight is 264 g/mol. The lowest BCUT2D eigenvalue weighted by Crippen LogP contribution is -2.35. The molecule has 0 unspecified atom stereocenters. The second-order valence-electron chi connectivity index (χ2n) is 4.75. The standard InChI is InChI=1S/C13H20N4O2/c1-2-19-10-7-9(8-10)3-4-17-13(18)11-12(14)16-6-5-15-11/h5-6,9-10H,2-4,7-8H2,1H3,(H2,14,16)(H,17,18). The Kier molecular flexibility index (Phi) is 4.68. The second kappa shape index (κ2) is 6.47. The molecule has 0 radical (unpaired) electrons. The SMILES string of the molecule is CCOC1CC(CCNC(=O)c2nccnc2N)C1. The highest BCUT2D eigenvalue weighted by atomic mass is 16.5. The van der Waals surface area contributed by atoms with Gasteiger partial charge in [0.1, 0.15) is 0 Å². The summed E-state index contributed by atoms with van der Waals surface area (Å²) >= 11 is 0. The summed E-state index contributed by atoms with van der Waals surface area (Å²) in [4.78, 5) is 19.6. The molecule has 0 bridgehead atoms. The van der Waals surface area contributed by atoms with E-state index in [1.54, 1.807) is 0 Å². The molecule has 19 heavy (non-hydrogen) atoms. The first-order valence-corrected chi connectivity index (χ1v) is 6.67. The van der Waals surface area contributed by atoms with E-state index in [-0.39, 0.29) is 17.4 Å². The summed E-state index contributed by atoms with van der Waals surface area (Å²) in [6.45, 7) is 3.43. The minimum Gasteiger partial charge on any atom is -0.382 e. The molecule has 3 N–H and O–H groups in total. The van der Waals surface area contributed by atoms with Gasteiger partial charge in [-0.05, 0) is 32.1 Å². The van der Waals surface area contributed by atoms with E-state index in [2.05, 4.69) is 15.3 Å². The first-order valence-electron chi connectivity index (χ1n) is 6.67. The lowest BCUT2D eigenvalue weighted by Gasteiger charge is -2.34. The minimum absolute atomic E-state index is 0.167. The van der Waals surface area contributed by atoms with Crippen LogP contribution in [0.15, 0.2) is 12.4 Å². The molecule has 6 nitrogen and oxygen atoms in total. The Morgan fingerprint density at radius 3 is 2.89 bits per heavy atom. The molecule has 1 aliphatic carbocycles. The maximum Gasteiger partial charge on any atom is 0.273 e. The van der Waals surface area contributed by atoms with E-state index in [1.165, 1.54) is 12.4 Å². The highest BCUT2D eigenvalue weighted by molar-refractivity contribution is 5.96. The second-order valence-corrected chi connectivity index (χ2v) is 4.75. The molecule has 1 aliphatic rings. The van der Waals surface area contributed by atoms with Crippen LogP contribution in [0.3, 0.4) is 0 Å². The monoisotopic (exact) mass is 264 g/mol. The summed E-state index contributed by atoms with van der Waals surface area (Å²) in [6, 6.07) is 0. The third-order valence-corrected chi connectivity index (χ3v) is 3.37. The van der Waals surface area contributed by atoms with Crippen LogP contribution in [-0.2, 0) is 4.74 Å². The van der Waals surface area contributed by atoms with E-state index in [1.807, 2.05) is 6.92 Å². The number of ether oxygens (including phenoxy) is 1. The van der Waals surface area contributed by atoms with Gasteiger partial charge in [-0.2, -0.15) is 0 Å². The Morgan fingerprint density at radius 1 is 1.47 bits per heavy atom. The predicted molar refractivity (Wildman–Crippen MR) is 71.5 cm³/mol. The van der Waals surface area contributed by atoms with Crippen LogP contribution in [0.2, 0.25) is 0 Å². The lowest BCUT2D eigenvalue weighted by atomic mass is 9.80. The normalized spacial score (nSPS) is 21.7. The van der Waals surface area contributed by atoms with E-state index in [4.69, 9.17) is 10.5 Å². The van der Waals surface area contributed by atoms with Crippen molar-refractivity contribution in [2.45, 2.75) is 32.3 Å². The molecule has 0 atom stereocenters. The first kappa shape index (κ1) is 13.7. The number of carbonyl (C=O) groups excluding carboxylic acids is 1. The molecule has 1 amide bonds. The molecule has 104 valence electrons. The number of carbonyl (C=O) groups is 1. The topological polar surface area (TPSA) is 90.1 Å². The smallest absolute Gasteiger partial charge is 0.273 e. The van der Waals surface area contributed by atoms with Crippen molar-refractivity contribution in [2.75, 3.05) is 18.9 Å². The molecular weight excluding hydrogens is 244 g/mol. The van der Waals surface area contributed by atoms with Crippen LogP contribution in [-0.4, -0.2) is 35.1 Å². The molecule has 1 heterocycles. The number of rotatable bonds is 6. The summed E-state index contributed by atoms with van der Waals surface area (Å²) in [6.07, 6.45) is 6.50. The molecule has 6 heteroatoms. The summed E-state index contributed by atoms with van der Waals surface area (Å²) in [5.41, 5.74) is 5.79. The number of aromatic nitrogens is 2. The molecule has 1 aromatic rings. The Hall–Kier alpha value is -1.69. The van der Waals surface area contributed by atoms with Crippen LogP contribution < -0.4 is 11.1 Å². The Labute approximate surface area is 112 Å². The van der Waals surface area contributed by atoms with E-state index in [0.717, 1.165) is 25.9 Å². The van der Waals surface area contributed by atoms with E-state index < -0.39 is 0 Å². The lowest BCUT2D eigenvalue weighted by molar-refractivity contribution is -0.0261. The molecule has 0 aromatic carbocycles. The van der Waals surface area contributed by atoms with Crippen molar-refractivity contribution in [3.63, 3.8) is 0 Å². The van der Waals surface area contributed by atoms with Gasteiger partial charge >= 0.3 is 0 Å². The largest absolute Gasteiger partial charge is 0.382 e. The van der Waals surface area contributed by atoms with Gasteiger partial charge < -0.3 is 15.8 Å². The zero-order valence-electron chi connectivity index (χ0n) is 11.1. The van der Waals surface area contributed by atoms with Crippen LogP contribution in [0.25, 0.3) is 0 Å². The van der Waals surface area contributed by atoms with Crippen molar-refractivity contribution in [3.05, 3.63) is 18.1 Å². The van der Waals surface area contributed by atoms with Gasteiger partial charge in [-0.3, -0.25) is 4.79 Å². The highest BCUT2D eigenvalue weighted by Crippen LogP contribution is 2.32. The fourth-order valence-corrected chi connectivity index (χ4v) is 2.28. The van der Waals surface area contributed by atoms with Crippen LogP contribution in [0.5, 0.6) is 0 Å². The third-order valence-electron chi connectivity index (χ3n) is 3.37. The quantitative estimate of drug-likeness (QED) is 0.799. The van der Waals surface area contributed by atoms with Gasteiger partial charge in [0.25, 0.3) is 5.91 Å². The molecular formula is C13H20N4O2. The number of nitrogen functional groups attached to an aromatic ring is 1. The van der Waals surface area contributed by atoms with Crippen LogP contribution in [0, 0.1) is 5.92 Å². The van der Waals surface area contributed by atoms with Gasteiger partial charge in [0, 0.05) is 25.5 Å². The van der Waals surface area contributed by atoms with Gasteiger partial charge in [0.15, 0.2) is 11.5 Å². The number of nitrogens with one attached hydrogen (secondary N) is 1. The summed E-state index contributed by atoms with van der Waals surface area (Å²) in [5.74, 6) is 0.558. The number of hydrogen-bond acceptors (Lipinski definition) is 5. The average Bonchev–Trinajstić information content (AvgIpc) is 2.36. The van der Waals surface area contributed by atoms with Crippen LogP contribution in [0.1, 0.15) is 36.7 Å². The Bertz CT molecular complexity index is 432. The Morgan fingerprint density at radius 2 is 2.21 bits per heavy atom. The van der Waals surface area contributed by atoms with Crippen molar-refractivity contribution in [1.29, 1.82) is 0 Å². The molecule has 0 spiro atoms. The predicted octanol–water partition coefficient (Wildman–Crippen LogP) is 0.994. The van der Waals surface area contributed by atoms with Crippen molar-refractivity contribution in [3.8, 4) is 0 Å². The van der Waals surface area contributed by atoms with Crippen molar-refractivity contribution in [2.24, 2.45) is 5.92 Å². The number of hydrogen-bond donors (Lipinski definition) is 2. The third kappa shape index (κ3) is 3.64. The zero-order valence-corrected chi connectivity index (χ0v) is 11.1. The van der Waals surface area contributed by atoms with Crippen molar-refractivity contribution in [1.82, 2.24) is 15.3 Å². The van der Waals surface area contributed by atoms with Crippen molar-refractivity contribution >= 4 is 11.7 Å². The zero-order chi connectivity index (χ0) is 13.7. The molecule has 0 aliphatic heterocycles. The van der Waals surface area contributed by atoms with E-state index in [0.29, 0.717) is 18.6 Å². The van der Waals surface area contributed by atoms with Crippen LogP contribution in [0.4, 0.5) is 5.82 Å². The maximum atomic E-state index is 11.8. The number of nitrogens with two attached hydrogens (primary N) is 1. The van der Waals surface area contributed by atoms with Crippen molar-refractivity contribution < 1.29 is 9.53 Å². The highest BCUT2D eigenvalue weighted by Gasteiger charge is 2.29. The molecule has 1 saturated carbocycles. The number of amides is 1. The fourth-order valence-electron chi connectivity index (χ4n) is 2.28. The Balaban J connectivity index is 1.67. The van der Waals surface area contributed by atoms with E-state index >= 15 is 0 Å². The first-order chi connectivity index (χ1) is 9.20. The summed E-state index contributed by atoms with van der Waals surface area (Å²) in [7, 11) is 0. The molecule has 1 fully saturated rings. The minimum atomic E-state index is -0.258. The van der Waals surface area contributed by atoms with Gasteiger partial charge in [0.2, 0.25) is 0 Å². The van der Waals surface area contributed by atoms with Gasteiger partial charge in [-0.15, -0.1) is 0 Å². The van der Waals surface area contributed by atoms with Gasteiger partial charge in [-0.25, -0.2) is 9.97 Å². The fraction of sp³-hybridized carbons (Fsp3) is 0.615. The summed E-state index contributed by atoms with van der Waals surface area (Å²) < 4.78 is 5.50.